The number of imide groups is 1. The van der Waals surface area contributed by atoms with Crippen LogP contribution >= 0.6 is 0 Å². The summed E-state index contributed by atoms with van der Waals surface area (Å²) in [6.45, 7) is 0. The summed E-state index contributed by atoms with van der Waals surface area (Å²) in [5.74, 6) is -1.61. The van der Waals surface area contributed by atoms with E-state index in [0.717, 1.165) is 4.90 Å². The van der Waals surface area contributed by atoms with Crippen molar-refractivity contribution < 1.29 is 23.9 Å². The largest absolute Gasteiger partial charge is 0.369 e. The number of carbonyl (C=O) groups is 3. The Balaban J connectivity index is 1.90. The van der Waals surface area contributed by atoms with Crippen LogP contribution < -0.4 is 5.32 Å². The number of piperidine rings is 1. The van der Waals surface area contributed by atoms with Crippen LogP contribution in [0.25, 0.3) is 0 Å². The van der Waals surface area contributed by atoms with Gasteiger partial charge in [-0.1, -0.05) is 12.2 Å². The number of nitrogens with one attached hydrogen (secondary N) is 1. The maximum absolute atomic E-state index is 13.9. The molecule has 0 aromatic rings. The Labute approximate surface area is 113 Å². The van der Waals surface area contributed by atoms with E-state index in [1.165, 1.54) is 12.2 Å². The van der Waals surface area contributed by atoms with Crippen LogP contribution in [-0.2, 0) is 14.4 Å². The average Bonchev–Trinajstić information content (AvgIpc) is 2.64. The van der Waals surface area contributed by atoms with E-state index in [1.807, 2.05) is 0 Å². The van der Waals surface area contributed by atoms with Gasteiger partial charge in [0.1, 0.15) is 12.2 Å². The number of halogens is 1. The zero-order valence-electron chi connectivity index (χ0n) is 10.5. The number of alkyl halides is 1. The second-order valence-electron chi connectivity index (χ2n) is 5.03. The number of aliphatic hydroxyl groups excluding tert-OH is 1. The summed E-state index contributed by atoms with van der Waals surface area (Å²) in [7, 11) is 0. The highest BCUT2D eigenvalue weighted by Gasteiger charge is 2.47. The highest BCUT2D eigenvalue weighted by Crippen LogP contribution is 2.36. The Morgan fingerprint density at radius 3 is 2.75 bits per heavy atom. The molecule has 20 heavy (non-hydrogen) atoms. The topological polar surface area (TPSA) is 86.7 Å². The fraction of sp³-hybridized carbons (Fsp3) is 0.462. The van der Waals surface area contributed by atoms with Gasteiger partial charge in [-0.3, -0.25) is 24.6 Å². The number of nitrogens with zero attached hydrogens (tertiary/aromatic N) is 1. The first-order chi connectivity index (χ1) is 9.50. The Morgan fingerprint density at radius 1 is 1.35 bits per heavy atom. The molecule has 2 heterocycles. The molecule has 3 unspecified atom stereocenters. The molecule has 0 aromatic carbocycles. The SMILES string of the molecule is O=C1CCC(N2C(=O)C3=C(C(F)CC=C3)C2O)C(=O)N1. The molecule has 3 atom stereocenters. The van der Waals surface area contributed by atoms with Crippen molar-refractivity contribution in [3.63, 3.8) is 0 Å². The molecule has 3 rings (SSSR count). The minimum Gasteiger partial charge on any atom is -0.369 e. The van der Waals surface area contributed by atoms with Gasteiger partial charge in [-0.2, -0.15) is 0 Å². The van der Waals surface area contributed by atoms with Crippen molar-refractivity contribution in [2.24, 2.45) is 0 Å². The Kier molecular flexibility index (Phi) is 2.93. The monoisotopic (exact) mass is 280 g/mol. The van der Waals surface area contributed by atoms with Crippen molar-refractivity contribution in [1.29, 1.82) is 0 Å². The molecule has 6 nitrogen and oxygen atoms in total. The summed E-state index contributed by atoms with van der Waals surface area (Å²) in [6.07, 6.45) is 0.465. The van der Waals surface area contributed by atoms with Crippen molar-refractivity contribution in [2.75, 3.05) is 0 Å². The number of hydrogen-bond donors (Lipinski definition) is 2. The van der Waals surface area contributed by atoms with Gasteiger partial charge in [0.2, 0.25) is 11.8 Å². The lowest BCUT2D eigenvalue weighted by atomic mass is 9.97. The normalized spacial score (nSPS) is 33.6. The second-order valence-corrected chi connectivity index (χ2v) is 5.03. The number of amides is 3. The van der Waals surface area contributed by atoms with Crippen LogP contribution in [0.2, 0.25) is 0 Å². The highest BCUT2D eigenvalue weighted by atomic mass is 19.1. The lowest BCUT2D eigenvalue weighted by molar-refractivity contribution is -0.149. The molecule has 1 saturated heterocycles. The van der Waals surface area contributed by atoms with Gasteiger partial charge in [-0.15, -0.1) is 0 Å². The van der Waals surface area contributed by atoms with Crippen LogP contribution in [0.3, 0.4) is 0 Å². The van der Waals surface area contributed by atoms with Gasteiger partial charge in [-0.25, -0.2) is 4.39 Å². The van der Waals surface area contributed by atoms with Gasteiger partial charge in [0.15, 0.2) is 6.23 Å². The van der Waals surface area contributed by atoms with Crippen LogP contribution in [-0.4, -0.2) is 46.2 Å². The molecule has 3 aliphatic rings. The van der Waals surface area contributed by atoms with Crippen LogP contribution in [0.1, 0.15) is 19.3 Å². The molecular weight excluding hydrogens is 267 g/mol. The smallest absolute Gasteiger partial charge is 0.257 e. The fourth-order valence-corrected chi connectivity index (χ4v) is 2.85. The second kappa shape index (κ2) is 4.52. The standard InChI is InChI=1S/C13H13FN2O4/c14-7-3-1-2-6-10(7)13(20)16(12(6)19)8-4-5-9(17)15-11(8)18/h1-2,7-8,13,20H,3-5H2,(H,15,17,18). The molecule has 0 radical (unpaired) electrons. The van der Waals surface area contributed by atoms with E-state index in [-0.39, 0.29) is 30.4 Å². The minimum atomic E-state index is -1.44. The van der Waals surface area contributed by atoms with Crippen LogP contribution in [0.4, 0.5) is 4.39 Å². The number of allylic oxidation sites excluding steroid dienone is 1. The first kappa shape index (κ1) is 13.0. The van der Waals surface area contributed by atoms with E-state index in [9.17, 15) is 23.9 Å². The molecule has 0 spiro atoms. The van der Waals surface area contributed by atoms with Gasteiger partial charge in [0, 0.05) is 24.0 Å². The van der Waals surface area contributed by atoms with Crippen molar-refractivity contribution in [3.05, 3.63) is 23.3 Å². The molecule has 2 N–H and O–H groups in total. The van der Waals surface area contributed by atoms with Gasteiger partial charge < -0.3 is 5.11 Å². The predicted octanol–water partition coefficient (Wildman–Crippen LogP) is -0.453. The van der Waals surface area contributed by atoms with Gasteiger partial charge >= 0.3 is 0 Å². The van der Waals surface area contributed by atoms with Gasteiger partial charge in [0.05, 0.1) is 0 Å². The summed E-state index contributed by atoms with van der Waals surface area (Å²) >= 11 is 0. The zero-order valence-corrected chi connectivity index (χ0v) is 10.5. The van der Waals surface area contributed by atoms with E-state index in [4.69, 9.17) is 0 Å². The van der Waals surface area contributed by atoms with Crippen molar-refractivity contribution in [3.8, 4) is 0 Å². The summed E-state index contributed by atoms with van der Waals surface area (Å²) < 4.78 is 13.9. The molecular formula is C13H13FN2O4. The Morgan fingerprint density at radius 2 is 2.10 bits per heavy atom. The summed E-state index contributed by atoms with van der Waals surface area (Å²) in [6, 6.07) is -0.943. The molecule has 0 saturated carbocycles. The van der Waals surface area contributed by atoms with E-state index in [2.05, 4.69) is 5.32 Å². The lowest BCUT2D eigenvalue weighted by Crippen LogP contribution is -2.56. The van der Waals surface area contributed by atoms with E-state index in [1.54, 1.807) is 0 Å². The summed E-state index contributed by atoms with van der Waals surface area (Å²) in [4.78, 5) is 36.1. The average molecular weight is 280 g/mol. The molecule has 1 fully saturated rings. The Hall–Kier alpha value is -2.02. The third-order valence-corrected chi connectivity index (χ3v) is 3.83. The van der Waals surface area contributed by atoms with E-state index < -0.39 is 36.2 Å². The van der Waals surface area contributed by atoms with Crippen molar-refractivity contribution >= 4 is 17.7 Å². The number of hydrogen-bond acceptors (Lipinski definition) is 4. The van der Waals surface area contributed by atoms with Crippen molar-refractivity contribution in [2.45, 2.75) is 37.7 Å². The third kappa shape index (κ3) is 1.77. The molecule has 1 aliphatic carbocycles. The molecule has 3 amide bonds. The summed E-state index contributed by atoms with van der Waals surface area (Å²) in [5, 5.41) is 12.3. The van der Waals surface area contributed by atoms with Crippen LogP contribution in [0, 0.1) is 0 Å². The third-order valence-electron chi connectivity index (χ3n) is 3.83. The lowest BCUT2D eigenvalue weighted by Gasteiger charge is -2.33. The maximum Gasteiger partial charge on any atom is 0.257 e. The molecule has 0 aromatic heterocycles. The fourth-order valence-electron chi connectivity index (χ4n) is 2.85. The molecule has 7 heteroatoms. The molecule has 2 aliphatic heterocycles. The first-order valence-electron chi connectivity index (χ1n) is 6.40. The first-order valence-corrected chi connectivity index (χ1v) is 6.40. The van der Waals surface area contributed by atoms with Crippen LogP contribution in [0.15, 0.2) is 23.3 Å². The van der Waals surface area contributed by atoms with E-state index >= 15 is 0 Å². The maximum atomic E-state index is 13.9. The Bertz CT molecular complexity index is 569. The highest BCUT2D eigenvalue weighted by molar-refractivity contribution is 6.06. The van der Waals surface area contributed by atoms with Crippen molar-refractivity contribution in [1.82, 2.24) is 10.2 Å². The van der Waals surface area contributed by atoms with Gasteiger partial charge in [-0.05, 0) is 6.42 Å². The molecule has 0 bridgehead atoms. The molecule has 106 valence electrons. The van der Waals surface area contributed by atoms with Gasteiger partial charge in [0.25, 0.3) is 5.91 Å². The number of carbonyl (C=O) groups excluding carboxylic acids is 3. The minimum absolute atomic E-state index is 0.0159. The predicted molar refractivity (Wildman–Crippen MR) is 64.7 cm³/mol. The quantitative estimate of drug-likeness (QED) is 0.637. The zero-order chi connectivity index (χ0) is 14.4. The van der Waals surface area contributed by atoms with E-state index in [0.29, 0.717) is 0 Å². The summed E-state index contributed by atoms with van der Waals surface area (Å²) in [5.41, 5.74) is 0.128. The number of aliphatic hydroxyl groups is 1. The number of rotatable bonds is 1. The van der Waals surface area contributed by atoms with Crippen LogP contribution in [0.5, 0.6) is 0 Å².